The standard InChI is InChI=1S/C22H32N2O5/c1-22(2,3)29-21(27)23(4)18(20(26)24-13-9-6-10-14-24)15-19(25)28-16-17-11-7-5-8-12-17/h5,7-8,11-12,18H,6,9-10,13-16H2,1-4H3. The molecule has 2 rings (SSSR count). The molecule has 29 heavy (non-hydrogen) atoms. The molecular formula is C22H32N2O5. The number of carbonyl (C=O) groups excluding carboxylic acids is 3. The fourth-order valence-electron chi connectivity index (χ4n) is 3.13. The number of ether oxygens (including phenoxy) is 2. The maximum atomic E-state index is 13.1. The molecular weight excluding hydrogens is 372 g/mol. The fraction of sp³-hybridized carbons (Fsp3) is 0.591. The van der Waals surface area contributed by atoms with E-state index in [0.29, 0.717) is 13.1 Å². The van der Waals surface area contributed by atoms with E-state index in [2.05, 4.69) is 0 Å². The molecule has 0 aromatic heterocycles. The number of piperidine rings is 1. The first-order chi connectivity index (χ1) is 13.7. The third-order valence-electron chi connectivity index (χ3n) is 4.70. The number of amides is 2. The van der Waals surface area contributed by atoms with Crippen LogP contribution < -0.4 is 0 Å². The molecule has 0 N–H and O–H groups in total. The molecule has 1 atom stereocenters. The van der Waals surface area contributed by atoms with Crippen molar-refractivity contribution in [2.75, 3.05) is 20.1 Å². The number of hydrogen-bond donors (Lipinski definition) is 0. The molecule has 1 aliphatic heterocycles. The highest BCUT2D eigenvalue weighted by atomic mass is 16.6. The van der Waals surface area contributed by atoms with Gasteiger partial charge in [-0.25, -0.2) is 4.79 Å². The molecule has 1 saturated heterocycles. The summed E-state index contributed by atoms with van der Waals surface area (Å²) in [4.78, 5) is 41.0. The van der Waals surface area contributed by atoms with Crippen molar-refractivity contribution in [3.8, 4) is 0 Å². The van der Waals surface area contributed by atoms with E-state index in [4.69, 9.17) is 9.47 Å². The van der Waals surface area contributed by atoms with E-state index in [-0.39, 0.29) is 18.9 Å². The van der Waals surface area contributed by atoms with Crippen LogP contribution in [0.15, 0.2) is 30.3 Å². The summed E-state index contributed by atoms with van der Waals surface area (Å²) in [5.41, 5.74) is 0.165. The number of esters is 1. The van der Waals surface area contributed by atoms with Crippen LogP contribution in [0.25, 0.3) is 0 Å². The zero-order valence-corrected chi connectivity index (χ0v) is 17.8. The van der Waals surface area contributed by atoms with Gasteiger partial charge in [0.05, 0.1) is 6.42 Å². The van der Waals surface area contributed by atoms with Crippen molar-refractivity contribution < 1.29 is 23.9 Å². The number of benzene rings is 1. The fourth-order valence-corrected chi connectivity index (χ4v) is 3.13. The van der Waals surface area contributed by atoms with Crippen molar-refractivity contribution >= 4 is 18.0 Å². The first-order valence-electron chi connectivity index (χ1n) is 10.1. The van der Waals surface area contributed by atoms with Crippen LogP contribution in [0.2, 0.25) is 0 Å². The summed E-state index contributed by atoms with van der Waals surface area (Å²) in [5.74, 6) is -0.769. The van der Waals surface area contributed by atoms with E-state index in [1.807, 2.05) is 30.3 Å². The lowest BCUT2D eigenvalue weighted by Gasteiger charge is -2.34. The second kappa shape index (κ2) is 10.3. The lowest BCUT2D eigenvalue weighted by molar-refractivity contribution is -0.150. The van der Waals surface area contributed by atoms with Crippen molar-refractivity contribution in [3.05, 3.63) is 35.9 Å². The minimum Gasteiger partial charge on any atom is -0.461 e. The molecule has 1 heterocycles. The van der Waals surface area contributed by atoms with Crippen LogP contribution in [0.3, 0.4) is 0 Å². The number of nitrogens with zero attached hydrogens (tertiary/aromatic N) is 2. The number of carbonyl (C=O) groups is 3. The number of likely N-dealkylation sites (tertiary alicyclic amines) is 1. The second-order valence-corrected chi connectivity index (χ2v) is 8.34. The normalized spacial score (nSPS) is 15.4. The molecule has 2 amide bonds. The number of likely N-dealkylation sites (N-methyl/N-ethyl adjacent to an activating group) is 1. The maximum Gasteiger partial charge on any atom is 0.410 e. The van der Waals surface area contributed by atoms with Gasteiger partial charge in [0.1, 0.15) is 18.2 Å². The molecule has 1 unspecified atom stereocenters. The van der Waals surface area contributed by atoms with E-state index < -0.39 is 23.7 Å². The average Bonchev–Trinajstić information content (AvgIpc) is 2.69. The summed E-state index contributed by atoms with van der Waals surface area (Å²) in [6, 6.07) is 8.37. The van der Waals surface area contributed by atoms with Gasteiger partial charge in [0.2, 0.25) is 5.91 Å². The van der Waals surface area contributed by atoms with Gasteiger partial charge in [0.25, 0.3) is 0 Å². The SMILES string of the molecule is CN(C(=O)OC(C)(C)C)C(CC(=O)OCc1ccccc1)C(=O)N1CCCCC1. The zero-order chi connectivity index (χ0) is 21.4. The summed E-state index contributed by atoms with van der Waals surface area (Å²) < 4.78 is 10.7. The Morgan fingerprint density at radius 3 is 2.28 bits per heavy atom. The Bertz CT molecular complexity index is 693. The molecule has 7 heteroatoms. The first kappa shape index (κ1) is 22.7. The van der Waals surface area contributed by atoms with Crippen molar-refractivity contribution in [2.24, 2.45) is 0 Å². The first-order valence-corrected chi connectivity index (χ1v) is 10.1. The van der Waals surface area contributed by atoms with Crippen LogP contribution in [0.5, 0.6) is 0 Å². The Labute approximate surface area is 172 Å². The molecule has 7 nitrogen and oxygen atoms in total. The molecule has 1 fully saturated rings. The number of rotatable bonds is 6. The largest absolute Gasteiger partial charge is 0.461 e. The molecule has 0 radical (unpaired) electrons. The van der Waals surface area contributed by atoms with Crippen LogP contribution in [-0.2, 0) is 25.7 Å². The van der Waals surface area contributed by atoms with Crippen LogP contribution in [0.1, 0.15) is 52.0 Å². The van der Waals surface area contributed by atoms with Crippen LogP contribution in [0, 0.1) is 0 Å². The Kier molecular flexibility index (Phi) is 8.05. The predicted molar refractivity (Wildman–Crippen MR) is 109 cm³/mol. The zero-order valence-electron chi connectivity index (χ0n) is 17.8. The van der Waals surface area contributed by atoms with E-state index in [0.717, 1.165) is 24.8 Å². The number of hydrogen-bond acceptors (Lipinski definition) is 5. The van der Waals surface area contributed by atoms with E-state index >= 15 is 0 Å². The van der Waals surface area contributed by atoms with Crippen molar-refractivity contribution in [1.29, 1.82) is 0 Å². The van der Waals surface area contributed by atoms with Gasteiger partial charge in [-0.2, -0.15) is 0 Å². The predicted octanol–water partition coefficient (Wildman–Crippen LogP) is 3.37. The molecule has 0 aliphatic carbocycles. The minimum atomic E-state index is -0.953. The quantitative estimate of drug-likeness (QED) is 0.680. The van der Waals surface area contributed by atoms with Crippen LogP contribution in [0.4, 0.5) is 4.79 Å². The second-order valence-electron chi connectivity index (χ2n) is 8.34. The van der Waals surface area contributed by atoms with Crippen LogP contribution in [-0.4, -0.2) is 59.5 Å². The summed E-state index contributed by atoms with van der Waals surface area (Å²) in [5, 5.41) is 0. The average molecular weight is 405 g/mol. The molecule has 0 saturated carbocycles. The van der Waals surface area contributed by atoms with Gasteiger partial charge in [-0.3, -0.25) is 14.5 Å². The summed E-state index contributed by atoms with van der Waals surface area (Å²) in [7, 11) is 1.49. The molecule has 1 aliphatic rings. The molecule has 1 aromatic rings. The smallest absolute Gasteiger partial charge is 0.410 e. The highest BCUT2D eigenvalue weighted by Crippen LogP contribution is 2.17. The minimum absolute atomic E-state index is 0.125. The molecule has 0 bridgehead atoms. The van der Waals surface area contributed by atoms with Crippen molar-refractivity contribution in [2.45, 2.75) is 64.7 Å². The summed E-state index contributed by atoms with van der Waals surface area (Å²) in [6.45, 7) is 6.67. The lowest BCUT2D eigenvalue weighted by Crippen LogP contribution is -2.52. The highest BCUT2D eigenvalue weighted by molar-refractivity contribution is 5.89. The van der Waals surface area contributed by atoms with Gasteiger partial charge < -0.3 is 14.4 Å². The van der Waals surface area contributed by atoms with Crippen LogP contribution >= 0.6 is 0 Å². The third kappa shape index (κ3) is 7.40. The summed E-state index contributed by atoms with van der Waals surface area (Å²) in [6.07, 6.45) is 2.08. The monoisotopic (exact) mass is 404 g/mol. The van der Waals surface area contributed by atoms with Gasteiger partial charge in [0.15, 0.2) is 0 Å². The van der Waals surface area contributed by atoms with Gasteiger partial charge in [-0.05, 0) is 45.6 Å². The van der Waals surface area contributed by atoms with E-state index in [1.165, 1.54) is 11.9 Å². The Morgan fingerprint density at radius 1 is 1.07 bits per heavy atom. The Hall–Kier alpha value is -2.57. The highest BCUT2D eigenvalue weighted by Gasteiger charge is 2.35. The van der Waals surface area contributed by atoms with Crippen molar-refractivity contribution in [3.63, 3.8) is 0 Å². The van der Waals surface area contributed by atoms with E-state index in [9.17, 15) is 14.4 Å². The maximum absolute atomic E-state index is 13.1. The van der Waals surface area contributed by atoms with Gasteiger partial charge in [0, 0.05) is 20.1 Å². The Morgan fingerprint density at radius 2 is 1.69 bits per heavy atom. The van der Waals surface area contributed by atoms with E-state index in [1.54, 1.807) is 25.7 Å². The van der Waals surface area contributed by atoms with Gasteiger partial charge >= 0.3 is 12.1 Å². The van der Waals surface area contributed by atoms with Gasteiger partial charge in [-0.1, -0.05) is 30.3 Å². The third-order valence-corrected chi connectivity index (χ3v) is 4.70. The summed E-state index contributed by atoms with van der Waals surface area (Å²) >= 11 is 0. The molecule has 1 aromatic carbocycles. The van der Waals surface area contributed by atoms with Gasteiger partial charge in [-0.15, -0.1) is 0 Å². The Balaban J connectivity index is 2.07. The van der Waals surface area contributed by atoms with Crippen molar-refractivity contribution in [1.82, 2.24) is 9.80 Å². The topological polar surface area (TPSA) is 76.1 Å². The molecule has 0 spiro atoms. The lowest BCUT2D eigenvalue weighted by atomic mass is 10.1. The molecule has 160 valence electrons.